The number of nitrogens with one attached hydrogen (secondary N) is 1. The molecule has 0 aliphatic carbocycles. The summed E-state index contributed by atoms with van der Waals surface area (Å²) in [4.78, 5) is 0. The van der Waals surface area contributed by atoms with Crippen LogP contribution in [0.3, 0.4) is 0 Å². The Kier molecular flexibility index (Phi) is 11.0. The molecule has 0 unspecified atom stereocenters. The van der Waals surface area contributed by atoms with Gasteiger partial charge in [-0.25, -0.2) is 0 Å². The third kappa shape index (κ3) is 9.64. The first-order chi connectivity index (χ1) is 8.18. The molecule has 0 amide bonds. The van der Waals surface area contributed by atoms with E-state index in [-0.39, 0.29) is 0 Å². The minimum atomic E-state index is 0.399. The Hall–Kier alpha value is -0.0400. The highest BCUT2D eigenvalue weighted by molar-refractivity contribution is 4.82. The van der Waals surface area contributed by atoms with E-state index >= 15 is 0 Å². The molecule has 0 atom stereocenters. The summed E-state index contributed by atoms with van der Waals surface area (Å²) in [6, 6.07) is 0. The molecule has 1 N–H and O–H groups in total. The highest BCUT2D eigenvalue weighted by Crippen LogP contribution is 2.22. The molecule has 1 heteroatoms. The molecule has 0 aliphatic rings. The summed E-state index contributed by atoms with van der Waals surface area (Å²) >= 11 is 0. The maximum Gasteiger partial charge on any atom is 0.0153 e. The van der Waals surface area contributed by atoms with Crippen molar-refractivity contribution in [1.29, 1.82) is 0 Å². The zero-order valence-electron chi connectivity index (χ0n) is 12.8. The average molecular weight is 241 g/mol. The van der Waals surface area contributed by atoms with Crippen molar-refractivity contribution in [3.63, 3.8) is 0 Å². The molecule has 0 spiro atoms. The fraction of sp³-hybridized carbons (Fsp3) is 1.00. The van der Waals surface area contributed by atoms with Crippen LogP contribution in [0.4, 0.5) is 0 Å². The Morgan fingerprint density at radius 1 is 0.706 bits per heavy atom. The Morgan fingerprint density at radius 2 is 1.18 bits per heavy atom. The molecule has 0 heterocycles. The first kappa shape index (κ1) is 17.0. The molecule has 0 radical (unpaired) electrons. The molecule has 0 saturated carbocycles. The first-order valence-electron chi connectivity index (χ1n) is 7.93. The largest absolute Gasteiger partial charge is 0.312 e. The second kappa shape index (κ2) is 11.1. The molecule has 1 nitrogen and oxygen atoms in total. The highest BCUT2D eigenvalue weighted by Gasteiger charge is 2.21. The highest BCUT2D eigenvalue weighted by atomic mass is 14.9. The molecule has 0 aliphatic heterocycles. The van der Waals surface area contributed by atoms with Crippen LogP contribution in [-0.2, 0) is 0 Å². The lowest BCUT2D eigenvalue weighted by atomic mass is 9.88. The lowest BCUT2D eigenvalue weighted by molar-refractivity contribution is 0.293. The van der Waals surface area contributed by atoms with Crippen LogP contribution in [0.25, 0.3) is 0 Å². The number of hydrogen-bond donors (Lipinski definition) is 1. The molecule has 0 aromatic heterocycles. The van der Waals surface area contributed by atoms with Gasteiger partial charge in [0.2, 0.25) is 0 Å². The molecule has 17 heavy (non-hydrogen) atoms. The third-order valence-electron chi connectivity index (χ3n) is 3.77. The topological polar surface area (TPSA) is 12.0 Å². The summed E-state index contributed by atoms with van der Waals surface area (Å²) in [5.41, 5.74) is 0.399. The Morgan fingerprint density at radius 3 is 1.53 bits per heavy atom. The van der Waals surface area contributed by atoms with Gasteiger partial charge in [-0.1, -0.05) is 72.1 Å². The van der Waals surface area contributed by atoms with E-state index in [4.69, 9.17) is 0 Å². The van der Waals surface area contributed by atoms with Crippen molar-refractivity contribution >= 4 is 0 Å². The van der Waals surface area contributed by atoms with Gasteiger partial charge in [-0.2, -0.15) is 0 Å². The van der Waals surface area contributed by atoms with Crippen molar-refractivity contribution in [2.75, 3.05) is 6.54 Å². The van der Waals surface area contributed by atoms with Crippen LogP contribution in [-0.4, -0.2) is 12.1 Å². The van der Waals surface area contributed by atoms with Gasteiger partial charge >= 0.3 is 0 Å². The summed E-state index contributed by atoms with van der Waals surface area (Å²) in [6.07, 6.45) is 13.8. The van der Waals surface area contributed by atoms with E-state index in [0.717, 1.165) is 6.54 Å². The maximum absolute atomic E-state index is 3.71. The first-order valence-corrected chi connectivity index (χ1v) is 7.93. The van der Waals surface area contributed by atoms with Crippen LogP contribution < -0.4 is 5.32 Å². The Balaban J connectivity index is 3.80. The number of rotatable bonds is 12. The second-order valence-corrected chi connectivity index (χ2v) is 5.71. The van der Waals surface area contributed by atoms with Crippen molar-refractivity contribution in [2.24, 2.45) is 0 Å². The van der Waals surface area contributed by atoms with Gasteiger partial charge in [0.25, 0.3) is 0 Å². The zero-order chi connectivity index (χ0) is 13.0. The normalized spacial score (nSPS) is 12.0. The van der Waals surface area contributed by atoms with Crippen LogP contribution in [0.5, 0.6) is 0 Å². The monoisotopic (exact) mass is 241 g/mol. The lowest BCUT2D eigenvalue weighted by Gasteiger charge is -2.31. The summed E-state index contributed by atoms with van der Waals surface area (Å²) in [6.45, 7) is 10.3. The smallest absolute Gasteiger partial charge is 0.0153 e. The Labute approximate surface area is 110 Å². The fourth-order valence-corrected chi connectivity index (χ4v) is 2.61. The van der Waals surface area contributed by atoms with E-state index in [1.165, 1.54) is 64.2 Å². The van der Waals surface area contributed by atoms with E-state index < -0.39 is 0 Å². The van der Waals surface area contributed by atoms with Crippen molar-refractivity contribution in [3.8, 4) is 0 Å². The minimum Gasteiger partial charge on any atom is -0.312 e. The number of hydrogen-bond acceptors (Lipinski definition) is 1. The van der Waals surface area contributed by atoms with Crippen molar-refractivity contribution in [2.45, 2.75) is 97.4 Å². The van der Waals surface area contributed by atoms with Gasteiger partial charge in [-0.05, 0) is 26.3 Å². The van der Waals surface area contributed by atoms with Crippen LogP contribution >= 0.6 is 0 Å². The van der Waals surface area contributed by atoms with Gasteiger partial charge in [0, 0.05) is 5.54 Å². The Bertz CT molecular complexity index is 142. The third-order valence-corrected chi connectivity index (χ3v) is 3.77. The summed E-state index contributed by atoms with van der Waals surface area (Å²) < 4.78 is 0. The van der Waals surface area contributed by atoms with E-state index in [1.807, 2.05) is 0 Å². The molecule has 0 aromatic rings. The van der Waals surface area contributed by atoms with Crippen LogP contribution in [0, 0.1) is 0 Å². The predicted octanol–water partition coefficient (Wildman–Crippen LogP) is 5.30. The summed E-state index contributed by atoms with van der Waals surface area (Å²) in [5, 5.41) is 3.71. The van der Waals surface area contributed by atoms with Gasteiger partial charge < -0.3 is 5.32 Å². The van der Waals surface area contributed by atoms with E-state index in [1.54, 1.807) is 0 Å². The molecular weight excluding hydrogens is 206 g/mol. The van der Waals surface area contributed by atoms with Gasteiger partial charge in [0.1, 0.15) is 0 Å². The fourth-order valence-electron chi connectivity index (χ4n) is 2.61. The minimum absolute atomic E-state index is 0.399. The molecule has 0 aromatic carbocycles. The van der Waals surface area contributed by atoms with E-state index in [9.17, 15) is 0 Å². The van der Waals surface area contributed by atoms with Crippen molar-refractivity contribution < 1.29 is 0 Å². The average Bonchev–Trinajstić information content (AvgIpc) is 2.31. The van der Waals surface area contributed by atoms with Crippen LogP contribution in [0.1, 0.15) is 91.9 Å². The standard InChI is InChI=1S/C16H35N/c1-5-8-10-12-14-16(4,17-7-3)15-13-11-9-6-2/h17H,5-15H2,1-4H3. The van der Waals surface area contributed by atoms with Gasteiger partial charge in [0.05, 0.1) is 0 Å². The molecule has 0 fully saturated rings. The molecule has 0 saturated heterocycles. The summed E-state index contributed by atoms with van der Waals surface area (Å²) in [7, 11) is 0. The zero-order valence-corrected chi connectivity index (χ0v) is 12.8. The van der Waals surface area contributed by atoms with Crippen molar-refractivity contribution in [1.82, 2.24) is 5.32 Å². The van der Waals surface area contributed by atoms with Gasteiger partial charge in [-0.15, -0.1) is 0 Å². The van der Waals surface area contributed by atoms with Crippen molar-refractivity contribution in [3.05, 3.63) is 0 Å². The van der Waals surface area contributed by atoms with Crippen LogP contribution in [0.2, 0.25) is 0 Å². The van der Waals surface area contributed by atoms with E-state index in [2.05, 4.69) is 33.0 Å². The van der Waals surface area contributed by atoms with Gasteiger partial charge in [0.15, 0.2) is 0 Å². The van der Waals surface area contributed by atoms with Crippen LogP contribution in [0.15, 0.2) is 0 Å². The quantitative estimate of drug-likeness (QED) is 0.457. The molecule has 0 bridgehead atoms. The SMILES string of the molecule is CCCCCCC(C)(CCCCCC)NCC. The van der Waals surface area contributed by atoms with Gasteiger partial charge in [-0.3, -0.25) is 0 Å². The number of unbranched alkanes of at least 4 members (excludes halogenated alkanes) is 6. The lowest BCUT2D eigenvalue weighted by Crippen LogP contribution is -2.42. The molecule has 0 rings (SSSR count). The predicted molar refractivity (Wildman–Crippen MR) is 79.6 cm³/mol. The molecular formula is C16H35N. The summed E-state index contributed by atoms with van der Waals surface area (Å²) in [5.74, 6) is 0. The van der Waals surface area contributed by atoms with E-state index in [0.29, 0.717) is 5.54 Å². The second-order valence-electron chi connectivity index (χ2n) is 5.71. The maximum atomic E-state index is 3.71. The molecule has 104 valence electrons.